The number of carbonyl (C=O) groups excluding carboxylic acids is 1. The Morgan fingerprint density at radius 3 is 2.96 bits per heavy atom. The van der Waals surface area contributed by atoms with Gasteiger partial charge in [-0.3, -0.25) is 9.78 Å². The zero-order chi connectivity index (χ0) is 17.6. The molecule has 134 valence electrons. The summed E-state index contributed by atoms with van der Waals surface area (Å²) in [6.07, 6.45) is 4.89. The molecule has 4 nitrogen and oxygen atoms in total. The van der Waals surface area contributed by atoms with Crippen LogP contribution < -0.4 is 5.32 Å². The molecule has 25 heavy (non-hydrogen) atoms. The lowest BCUT2D eigenvalue weighted by Crippen LogP contribution is -2.42. The van der Waals surface area contributed by atoms with Gasteiger partial charge in [0.05, 0.1) is 22.5 Å². The smallest absolute Gasteiger partial charge is 0.231 e. The van der Waals surface area contributed by atoms with Crippen LogP contribution in [0.5, 0.6) is 0 Å². The first-order chi connectivity index (χ1) is 12.1. The Labute approximate surface area is 158 Å². The van der Waals surface area contributed by atoms with E-state index in [0.29, 0.717) is 6.54 Å². The molecule has 3 heterocycles. The molecule has 1 saturated heterocycles. The molecule has 1 aliphatic heterocycles. The van der Waals surface area contributed by atoms with E-state index >= 15 is 0 Å². The van der Waals surface area contributed by atoms with Crippen molar-refractivity contribution in [3.8, 4) is 0 Å². The number of hydrogen-bond acceptors (Lipinski definition) is 4. The second-order valence-corrected chi connectivity index (χ2v) is 8.23. The first-order valence-electron chi connectivity index (χ1n) is 8.81. The summed E-state index contributed by atoms with van der Waals surface area (Å²) in [6.45, 7) is 4.52. The quantitative estimate of drug-likeness (QED) is 0.854. The van der Waals surface area contributed by atoms with Gasteiger partial charge >= 0.3 is 0 Å². The van der Waals surface area contributed by atoms with Gasteiger partial charge in [-0.2, -0.15) is 0 Å². The lowest BCUT2D eigenvalue weighted by molar-refractivity contribution is -0.135. The van der Waals surface area contributed by atoms with Gasteiger partial charge in [0, 0.05) is 17.1 Å². The SMILES string of the molecule is CC(C(=O)N(Cc1ccccn1)C1CCCNCC1)c1ccc(Cl)s1. The maximum absolute atomic E-state index is 13.3. The highest BCUT2D eigenvalue weighted by Gasteiger charge is 2.29. The molecule has 3 rings (SSSR count). The number of halogens is 1. The van der Waals surface area contributed by atoms with Crippen LogP contribution in [-0.2, 0) is 11.3 Å². The first-order valence-corrected chi connectivity index (χ1v) is 10.0. The third-order valence-electron chi connectivity index (χ3n) is 4.72. The number of amides is 1. The van der Waals surface area contributed by atoms with Crippen LogP contribution in [0.3, 0.4) is 0 Å². The summed E-state index contributed by atoms with van der Waals surface area (Å²) in [5.74, 6) is -0.0199. The molecule has 2 aromatic rings. The highest BCUT2D eigenvalue weighted by atomic mass is 35.5. The normalized spacial score (nSPS) is 19.2. The molecule has 1 N–H and O–H groups in total. The molecule has 0 bridgehead atoms. The molecular weight excluding hydrogens is 354 g/mol. The molecule has 6 heteroatoms. The van der Waals surface area contributed by atoms with E-state index < -0.39 is 0 Å². The van der Waals surface area contributed by atoms with Gasteiger partial charge in [-0.1, -0.05) is 17.7 Å². The summed E-state index contributed by atoms with van der Waals surface area (Å²) in [5.41, 5.74) is 0.935. The second kappa shape index (κ2) is 8.79. The fraction of sp³-hybridized carbons (Fsp3) is 0.474. The second-order valence-electron chi connectivity index (χ2n) is 6.49. The Bertz CT molecular complexity index is 683. The van der Waals surface area contributed by atoms with Crippen LogP contribution in [0.4, 0.5) is 0 Å². The summed E-state index contributed by atoms with van der Waals surface area (Å²) in [5, 5.41) is 3.43. The molecule has 1 fully saturated rings. The Morgan fingerprint density at radius 1 is 1.36 bits per heavy atom. The predicted octanol–water partition coefficient (Wildman–Crippen LogP) is 4.07. The third kappa shape index (κ3) is 4.81. The van der Waals surface area contributed by atoms with E-state index in [0.717, 1.165) is 47.3 Å². The first kappa shape index (κ1) is 18.4. The molecule has 0 aliphatic carbocycles. The largest absolute Gasteiger partial charge is 0.333 e. The number of nitrogens with zero attached hydrogens (tertiary/aromatic N) is 2. The van der Waals surface area contributed by atoms with E-state index in [1.165, 1.54) is 11.3 Å². The molecule has 2 aromatic heterocycles. The van der Waals surface area contributed by atoms with Gasteiger partial charge in [-0.15, -0.1) is 11.3 Å². The van der Waals surface area contributed by atoms with Crippen molar-refractivity contribution in [2.24, 2.45) is 0 Å². The van der Waals surface area contributed by atoms with Crippen molar-refractivity contribution in [2.75, 3.05) is 13.1 Å². The van der Waals surface area contributed by atoms with Gasteiger partial charge in [0.1, 0.15) is 0 Å². The minimum absolute atomic E-state index is 0.163. The van der Waals surface area contributed by atoms with E-state index in [-0.39, 0.29) is 17.9 Å². The summed E-state index contributed by atoms with van der Waals surface area (Å²) in [6, 6.07) is 9.95. The maximum atomic E-state index is 13.3. The summed E-state index contributed by atoms with van der Waals surface area (Å²) in [7, 11) is 0. The third-order valence-corrected chi connectivity index (χ3v) is 6.13. The lowest BCUT2D eigenvalue weighted by atomic mass is 10.0. The van der Waals surface area contributed by atoms with Crippen molar-refractivity contribution in [1.82, 2.24) is 15.2 Å². The van der Waals surface area contributed by atoms with Crippen LogP contribution in [0, 0.1) is 0 Å². The van der Waals surface area contributed by atoms with E-state index in [1.54, 1.807) is 6.20 Å². The average molecular weight is 378 g/mol. The number of pyridine rings is 1. The van der Waals surface area contributed by atoms with E-state index in [9.17, 15) is 4.79 Å². The van der Waals surface area contributed by atoms with Crippen LogP contribution in [0.15, 0.2) is 36.5 Å². The highest BCUT2D eigenvalue weighted by Crippen LogP contribution is 2.31. The van der Waals surface area contributed by atoms with Crippen LogP contribution >= 0.6 is 22.9 Å². The number of carbonyl (C=O) groups is 1. The molecule has 1 aliphatic rings. The van der Waals surface area contributed by atoms with Gasteiger partial charge in [0.15, 0.2) is 0 Å². The van der Waals surface area contributed by atoms with Crippen molar-refractivity contribution < 1.29 is 4.79 Å². The minimum atomic E-state index is -0.183. The average Bonchev–Trinajstić information content (AvgIpc) is 2.90. The summed E-state index contributed by atoms with van der Waals surface area (Å²) in [4.78, 5) is 20.8. The van der Waals surface area contributed by atoms with E-state index in [4.69, 9.17) is 11.6 Å². The van der Waals surface area contributed by atoms with Crippen LogP contribution in [0.25, 0.3) is 0 Å². The van der Waals surface area contributed by atoms with Gasteiger partial charge in [-0.25, -0.2) is 0 Å². The van der Waals surface area contributed by atoms with Crippen molar-refractivity contribution >= 4 is 28.8 Å². The Morgan fingerprint density at radius 2 is 2.24 bits per heavy atom. The fourth-order valence-electron chi connectivity index (χ4n) is 3.30. The zero-order valence-corrected chi connectivity index (χ0v) is 16.0. The summed E-state index contributed by atoms with van der Waals surface area (Å²) >= 11 is 7.55. The molecule has 2 unspecified atom stereocenters. The van der Waals surface area contributed by atoms with Crippen molar-refractivity contribution in [1.29, 1.82) is 0 Å². The van der Waals surface area contributed by atoms with Crippen LogP contribution in [0.1, 0.15) is 42.7 Å². The van der Waals surface area contributed by atoms with Crippen molar-refractivity contribution in [3.63, 3.8) is 0 Å². The monoisotopic (exact) mass is 377 g/mol. The predicted molar refractivity (Wildman–Crippen MR) is 103 cm³/mol. The van der Waals surface area contributed by atoms with Crippen LogP contribution in [0.2, 0.25) is 4.34 Å². The van der Waals surface area contributed by atoms with Gasteiger partial charge < -0.3 is 10.2 Å². The Hall–Kier alpha value is -1.43. The van der Waals surface area contributed by atoms with Crippen molar-refractivity contribution in [2.45, 2.75) is 44.7 Å². The topological polar surface area (TPSA) is 45.2 Å². The standard InChI is InChI=1S/C19H24ClN3OS/c1-14(17-7-8-18(20)25-17)19(24)23(13-15-5-2-3-11-22-15)16-6-4-10-21-12-9-16/h2-3,5,7-8,11,14,16,21H,4,6,9-10,12-13H2,1H3. The van der Waals surface area contributed by atoms with E-state index in [1.807, 2.05) is 42.2 Å². The number of rotatable bonds is 5. The number of nitrogens with one attached hydrogen (secondary N) is 1. The number of aromatic nitrogens is 1. The van der Waals surface area contributed by atoms with Gasteiger partial charge in [-0.05, 0) is 63.5 Å². The Kier molecular flexibility index (Phi) is 6.45. The van der Waals surface area contributed by atoms with Gasteiger partial charge in [0.2, 0.25) is 5.91 Å². The van der Waals surface area contributed by atoms with E-state index in [2.05, 4.69) is 10.3 Å². The highest BCUT2D eigenvalue weighted by molar-refractivity contribution is 7.16. The molecule has 0 aromatic carbocycles. The molecule has 0 spiro atoms. The zero-order valence-electron chi connectivity index (χ0n) is 14.5. The minimum Gasteiger partial charge on any atom is -0.333 e. The molecule has 1 amide bonds. The van der Waals surface area contributed by atoms with Gasteiger partial charge in [0.25, 0.3) is 0 Å². The molecular formula is C19H24ClN3OS. The lowest BCUT2D eigenvalue weighted by Gasteiger charge is -2.33. The number of thiophene rings is 1. The number of hydrogen-bond donors (Lipinski definition) is 1. The fourth-order valence-corrected chi connectivity index (χ4v) is 4.40. The molecule has 0 radical (unpaired) electrons. The maximum Gasteiger partial charge on any atom is 0.231 e. The molecule has 2 atom stereocenters. The van der Waals surface area contributed by atoms with Crippen LogP contribution in [-0.4, -0.2) is 34.9 Å². The summed E-state index contributed by atoms with van der Waals surface area (Å²) < 4.78 is 0.726. The van der Waals surface area contributed by atoms with Crippen molar-refractivity contribution in [3.05, 3.63) is 51.4 Å². The Balaban J connectivity index is 1.82. The molecule has 0 saturated carbocycles.